The minimum atomic E-state index is -0.262. The molecule has 0 bridgehead atoms. The maximum Gasteiger partial charge on any atom is 0.253 e. The van der Waals surface area contributed by atoms with E-state index in [4.69, 9.17) is 4.74 Å². The molecule has 0 fully saturated rings. The van der Waals surface area contributed by atoms with Crippen LogP contribution in [0.15, 0.2) is 46.8 Å². The summed E-state index contributed by atoms with van der Waals surface area (Å²) in [6.07, 6.45) is 2.09. The largest absolute Gasteiger partial charge is 0.497 e. The molecule has 0 atom stereocenters. The van der Waals surface area contributed by atoms with Crippen molar-refractivity contribution in [3.63, 3.8) is 0 Å². The molecular formula is C19H20N4O3S. The molecule has 0 saturated heterocycles. The Hall–Kier alpha value is -3.00. The average molecular weight is 384 g/mol. The topological polar surface area (TPSA) is 86.1 Å². The number of thiazole rings is 1. The second-order valence-electron chi connectivity index (χ2n) is 5.85. The fourth-order valence-corrected chi connectivity index (χ4v) is 3.26. The predicted octanol–water partition coefficient (Wildman–Crippen LogP) is 2.25. The molecule has 2 aromatic heterocycles. The van der Waals surface area contributed by atoms with Gasteiger partial charge in [-0.1, -0.05) is 6.92 Å². The Morgan fingerprint density at radius 2 is 2.04 bits per heavy atom. The molecule has 8 heteroatoms. The van der Waals surface area contributed by atoms with E-state index in [9.17, 15) is 9.59 Å². The second kappa shape index (κ2) is 8.59. The highest BCUT2D eigenvalue weighted by atomic mass is 32.1. The van der Waals surface area contributed by atoms with Crippen molar-refractivity contribution in [3.8, 4) is 16.3 Å². The van der Waals surface area contributed by atoms with Gasteiger partial charge in [-0.3, -0.25) is 14.2 Å². The van der Waals surface area contributed by atoms with E-state index in [0.29, 0.717) is 18.7 Å². The Bertz CT molecular complexity index is 979. The Labute approximate surface area is 160 Å². The van der Waals surface area contributed by atoms with E-state index >= 15 is 0 Å². The van der Waals surface area contributed by atoms with Crippen LogP contribution in [-0.2, 0) is 24.3 Å². The molecule has 0 unspecified atom stereocenters. The second-order valence-corrected chi connectivity index (χ2v) is 6.71. The molecule has 0 spiro atoms. The van der Waals surface area contributed by atoms with E-state index in [-0.39, 0.29) is 18.0 Å². The maximum absolute atomic E-state index is 12.1. The van der Waals surface area contributed by atoms with E-state index < -0.39 is 0 Å². The summed E-state index contributed by atoms with van der Waals surface area (Å²) in [7, 11) is 1.63. The summed E-state index contributed by atoms with van der Waals surface area (Å²) in [6.45, 7) is 2.17. The maximum atomic E-state index is 12.1. The highest BCUT2D eigenvalue weighted by molar-refractivity contribution is 7.13. The standard InChI is InChI=1S/C19H20N4O3S/c1-3-14-8-18(25)23(12-21-14)10-17(24)20-9-15-11-27-19(22-15)13-4-6-16(26-2)7-5-13/h4-8,11-12H,3,9-10H2,1-2H3,(H,20,24). The number of hydrogen-bond donors (Lipinski definition) is 1. The summed E-state index contributed by atoms with van der Waals surface area (Å²) < 4.78 is 6.44. The number of amides is 1. The number of carbonyl (C=O) groups excluding carboxylic acids is 1. The van der Waals surface area contributed by atoms with Crippen molar-refractivity contribution < 1.29 is 9.53 Å². The highest BCUT2D eigenvalue weighted by Crippen LogP contribution is 2.25. The van der Waals surface area contributed by atoms with E-state index in [1.807, 2.05) is 36.6 Å². The Morgan fingerprint density at radius 3 is 2.70 bits per heavy atom. The number of benzene rings is 1. The van der Waals surface area contributed by atoms with Gasteiger partial charge >= 0.3 is 0 Å². The number of nitrogens with one attached hydrogen (secondary N) is 1. The van der Waals surface area contributed by atoms with Gasteiger partial charge in [-0.05, 0) is 30.7 Å². The molecule has 140 valence electrons. The molecule has 1 amide bonds. The third kappa shape index (κ3) is 4.79. The summed E-state index contributed by atoms with van der Waals surface area (Å²) in [4.78, 5) is 32.7. The van der Waals surface area contributed by atoms with Crippen molar-refractivity contribution in [2.24, 2.45) is 0 Å². The lowest BCUT2D eigenvalue weighted by Crippen LogP contribution is -2.32. The van der Waals surface area contributed by atoms with Crippen LogP contribution in [0.3, 0.4) is 0 Å². The van der Waals surface area contributed by atoms with Gasteiger partial charge in [-0.15, -0.1) is 11.3 Å². The van der Waals surface area contributed by atoms with Gasteiger partial charge in [0.1, 0.15) is 17.3 Å². The van der Waals surface area contributed by atoms with E-state index in [1.54, 1.807) is 7.11 Å². The lowest BCUT2D eigenvalue weighted by molar-refractivity contribution is -0.121. The first-order chi connectivity index (χ1) is 13.1. The van der Waals surface area contributed by atoms with E-state index in [0.717, 1.165) is 22.0 Å². The summed E-state index contributed by atoms with van der Waals surface area (Å²) in [6, 6.07) is 9.11. The molecule has 0 aliphatic heterocycles. The zero-order valence-corrected chi connectivity index (χ0v) is 16.0. The van der Waals surface area contributed by atoms with Crippen LogP contribution in [0.4, 0.5) is 0 Å². The SMILES string of the molecule is CCc1cc(=O)n(CC(=O)NCc2csc(-c3ccc(OC)cc3)n2)cn1. The lowest BCUT2D eigenvalue weighted by atomic mass is 10.2. The number of carbonyl (C=O) groups is 1. The quantitative estimate of drug-likeness (QED) is 0.675. The molecule has 0 radical (unpaired) electrons. The Kier molecular flexibility index (Phi) is 5.97. The molecule has 3 aromatic rings. The number of rotatable bonds is 7. The van der Waals surface area contributed by atoms with Gasteiger partial charge in [-0.2, -0.15) is 0 Å². The van der Waals surface area contributed by atoms with Gasteiger partial charge in [0.2, 0.25) is 5.91 Å². The molecule has 27 heavy (non-hydrogen) atoms. The van der Waals surface area contributed by atoms with Crippen LogP contribution in [0, 0.1) is 0 Å². The minimum absolute atomic E-state index is 0.0642. The van der Waals surface area contributed by atoms with Gasteiger partial charge in [0, 0.05) is 22.7 Å². The lowest BCUT2D eigenvalue weighted by Gasteiger charge is -2.06. The first kappa shape index (κ1) is 18.8. The van der Waals surface area contributed by atoms with Gasteiger partial charge in [0.25, 0.3) is 5.56 Å². The third-order valence-corrected chi connectivity index (χ3v) is 4.91. The summed E-state index contributed by atoms with van der Waals surface area (Å²) in [5.41, 5.74) is 2.25. The first-order valence-electron chi connectivity index (χ1n) is 8.50. The van der Waals surface area contributed by atoms with Crippen molar-refractivity contribution in [1.29, 1.82) is 0 Å². The van der Waals surface area contributed by atoms with Crippen LogP contribution in [0.1, 0.15) is 18.3 Å². The van der Waals surface area contributed by atoms with Crippen molar-refractivity contribution in [1.82, 2.24) is 19.9 Å². The number of ether oxygens (including phenoxy) is 1. The summed E-state index contributed by atoms with van der Waals surface area (Å²) >= 11 is 1.51. The van der Waals surface area contributed by atoms with E-state index in [2.05, 4.69) is 15.3 Å². The molecule has 1 aromatic carbocycles. The van der Waals surface area contributed by atoms with Crippen molar-refractivity contribution >= 4 is 17.2 Å². The Balaban J connectivity index is 1.58. The number of nitrogens with zero attached hydrogens (tertiary/aromatic N) is 3. The first-order valence-corrected chi connectivity index (χ1v) is 9.38. The normalized spacial score (nSPS) is 10.6. The summed E-state index contributed by atoms with van der Waals surface area (Å²) in [5.74, 6) is 0.529. The minimum Gasteiger partial charge on any atom is -0.497 e. The van der Waals surface area contributed by atoms with Gasteiger partial charge < -0.3 is 10.1 Å². The van der Waals surface area contributed by atoms with Gasteiger partial charge in [0.15, 0.2) is 0 Å². The molecular weight excluding hydrogens is 364 g/mol. The van der Waals surface area contributed by atoms with Crippen LogP contribution < -0.4 is 15.6 Å². The summed E-state index contributed by atoms with van der Waals surface area (Å²) in [5, 5.41) is 5.56. The van der Waals surface area contributed by atoms with Crippen molar-refractivity contribution in [3.05, 3.63) is 63.8 Å². The number of methoxy groups -OCH3 is 1. The average Bonchev–Trinajstić information content (AvgIpc) is 3.17. The van der Waals surface area contributed by atoms with Crippen LogP contribution in [-0.4, -0.2) is 27.6 Å². The van der Waals surface area contributed by atoms with Crippen LogP contribution >= 0.6 is 11.3 Å². The molecule has 2 heterocycles. The van der Waals surface area contributed by atoms with Crippen LogP contribution in [0.5, 0.6) is 5.75 Å². The van der Waals surface area contributed by atoms with E-state index in [1.165, 1.54) is 28.3 Å². The molecule has 1 N–H and O–H groups in total. The van der Waals surface area contributed by atoms with Crippen LogP contribution in [0.25, 0.3) is 10.6 Å². The predicted molar refractivity (Wildman–Crippen MR) is 104 cm³/mol. The molecule has 0 aliphatic rings. The van der Waals surface area contributed by atoms with Crippen molar-refractivity contribution in [2.75, 3.05) is 7.11 Å². The highest BCUT2D eigenvalue weighted by Gasteiger charge is 2.08. The molecule has 0 aliphatic carbocycles. The molecule has 3 rings (SSSR count). The molecule has 7 nitrogen and oxygen atoms in total. The smallest absolute Gasteiger partial charge is 0.253 e. The number of aromatic nitrogens is 3. The zero-order valence-electron chi connectivity index (χ0n) is 15.1. The fourth-order valence-electron chi connectivity index (χ4n) is 2.43. The van der Waals surface area contributed by atoms with Crippen molar-refractivity contribution in [2.45, 2.75) is 26.4 Å². The number of hydrogen-bond acceptors (Lipinski definition) is 6. The molecule has 0 saturated carbocycles. The third-order valence-electron chi connectivity index (χ3n) is 3.97. The fraction of sp³-hybridized carbons (Fsp3) is 0.263. The van der Waals surface area contributed by atoms with Gasteiger partial charge in [0.05, 0.1) is 25.7 Å². The van der Waals surface area contributed by atoms with Gasteiger partial charge in [-0.25, -0.2) is 9.97 Å². The number of aryl methyl sites for hydroxylation is 1. The zero-order chi connectivity index (χ0) is 19.2. The Morgan fingerprint density at radius 1 is 1.26 bits per heavy atom. The monoisotopic (exact) mass is 384 g/mol. The van der Waals surface area contributed by atoms with Crippen LogP contribution in [0.2, 0.25) is 0 Å².